The Balaban J connectivity index is 1.75. The number of carbonyl (C=O) groups is 1. The maximum absolute atomic E-state index is 10.8. The Hall–Kier alpha value is -0.610. The summed E-state index contributed by atoms with van der Waals surface area (Å²) in [6, 6.07) is 0. The summed E-state index contributed by atoms with van der Waals surface area (Å²) in [6.45, 7) is 8.97. The van der Waals surface area contributed by atoms with Crippen LogP contribution < -0.4 is 0 Å². The second-order valence-corrected chi connectivity index (χ2v) is 6.84. The van der Waals surface area contributed by atoms with E-state index < -0.39 is 5.97 Å². The van der Waals surface area contributed by atoms with Crippen molar-refractivity contribution in [2.45, 2.75) is 46.0 Å². The van der Waals surface area contributed by atoms with Gasteiger partial charge in [-0.15, -0.1) is 0 Å². The molecular formula is C16H30N2O2. The molecule has 0 aromatic heterocycles. The molecule has 1 saturated heterocycles. The monoisotopic (exact) mass is 282 g/mol. The maximum atomic E-state index is 10.8. The van der Waals surface area contributed by atoms with Crippen LogP contribution in [0.2, 0.25) is 0 Å². The van der Waals surface area contributed by atoms with Gasteiger partial charge in [-0.2, -0.15) is 0 Å². The van der Waals surface area contributed by atoms with Crippen LogP contribution in [0.1, 0.15) is 46.0 Å². The average Bonchev–Trinajstić information content (AvgIpc) is 2.86. The number of carboxylic acids is 1. The summed E-state index contributed by atoms with van der Waals surface area (Å²) in [5.41, 5.74) is 0. The highest BCUT2D eigenvalue weighted by atomic mass is 16.4. The Labute approximate surface area is 123 Å². The summed E-state index contributed by atoms with van der Waals surface area (Å²) in [5.74, 6) is 1.91. The van der Waals surface area contributed by atoms with E-state index in [2.05, 4.69) is 23.6 Å². The summed E-state index contributed by atoms with van der Waals surface area (Å²) >= 11 is 0. The number of hydrogen-bond acceptors (Lipinski definition) is 3. The SMILES string of the molecule is CCC(C)C1CCC(CN2CCCN(CC(=O)O)C2)C1. The first kappa shape index (κ1) is 15.8. The lowest BCUT2D eigenvalue weighted by Crippen LogP contribution is -2.47. The summed E-state index contributed by atoms with van der Waals surface area (Å²) < 4.78 is 0. The fraction of sp³-hybridized carbons (Fsp3) is 0.938. The molecule has 0 bridgehead atoms. The summed E-state index contributed by atoms with van der Waals surface area (Å²) in [6.07, 6.45) is 6.55. The van der Waals surface area contributed by atoms with Crippen LogP contribution in [0.5, 0.6) is 0 Å². The van der Waals surface area contributed by atoms with Gasteiger partial charge in [0.05, 0.1) is 13.2 Å². The predicted octanol–water partition coefficient (Wildman–Crippen LogP) is 2.50. The van der Waals surface area contributed by atoms with E-state index in [9.17, 15) is 4.79 Å². The quantitative estimate of drug-likeness (QED) is 0.813. The molecule has 2 fully saturated rings. The maximum Gasteiger partial charge on any atom is 0.317 e. The second-order valence-electron chi connectivity index (χ2n) is 6.84. The molecular weight excluding hydrogens is 252 g/mol. The summed E-state index contributed by atoms with van der Waals surface area (Å²) in [4.78, 5) is 15.3. The minimum absolute atomic E-state index is 0.191. The molecule has 0 amide bonds. The lowest BCUT2D eigenvalue weighted by molar-refractivity contribution is -0.139. The van der Waals surface area contributed by atoms with E-state index in [1.165, 1.54) is 32.2 Å². The molecule has 116 valence electrons. The first-order valence-corrected chi connectivity index (χ1v) is 8.25. The lowest BCUT2D eigenvalue weighted by atomic mass is 9.89. The van der Waals surface area contributed by atoms with Crippen molar-refractivity contribution >= 4 is 5.97 Å². The van der Waals surface area contributed by atoms with Crippen molar-refractivity contribution in [1.82, 2.24) is 9.80 Å². The first-order valence-electron chi connectivity index (χ1n) is 8.25. The van der Waals surface area contributed by atoms with Gasteiger partial charge in [0.25, 0.3) is 0 Å². The molecule has 2 aliphatic rings. The zero-order chi connectivity index (χ0) is 14.5. The zero-order valence-electron chi connectivity index (χ0n) is 13.1. The van der Waals surface area contributed by atoms with Crippen molar-refractivity contribution in [2.24, 2.45) is 17.8 Å². The highest BCUT2D eigenvalue weighted by Gasteiger charge is 2.30. The molecule has 2 rings (SSSR count). The normalized spacial score (nSPS) is 30.5. The number of rotatable bonds is 6. The van der Waals surface area contributed by atoms with Gasteiger partial charge in [0, 0.05) is 19.6 Å². The smallest absolute Gasteiger partial charge is 0.317 e. The predicted molar refractivity (Wildman–Crippen MR) is 80.6 cm³/mol. The largest absolute Gasteiger partial charge is 0.480 e. The Morgan fingerprint density at radius 3 is 2.75 bits per heavy atom. The molecule has 1 aliphatic carbocycles. The highest BCUT2D eigenvalue weighted by molar-refractivity contribution is 5.69. The third kappa shape index (κ3) is 4.45. The molecule has 1 heterocycles. The van der Waals surface area contributed by atoms with Crippen molar-refractivity contribution < 1.29 is 9.90 Å². The number of carboxylic acid groups (broad SMARTS) is 1. The van der Waals surface area contributed by atoms with E-state index in [4.69, 9.17) is 5.11 Å². The van der Waals surface area contributed by atoms with Gasteiger partial charge in [-0.05, 0) is 43.4 Å². The second kappa shape index (κ2) is 7.41. The van der Waals surface area contributed by atoms with Gasteiger partial charge >= 0.3 is 5.97 Å². The van der Waals surface area contributed by atoms with Gasteiger partial charge < -0.3 is 5.11 Å². The van der Waals surface area contributed by atoms with Gasteiger partial charge in [0.15, 0.2) is 0 Å². The molecule has 0 radical (unpaired) electrons. The molecule has 3 unspecified atom stereocenters. The van der Waals surface area contributed by atoms with Gasteiger partial charge in [-0.3, -0.25) is 14.6 Å². The molecule has 0 spiro atoms. The molecule has 4 nitrogen and oxygen atoms in total. The van der Waals surface area contributed by atoms with E-state index in [-0.39, 0.29) is 6.54 Å². The van der Waals surface area contributed by atoms with E-state index in [1.54, 1.807) is 0 Å². The molecule has 3 atom stereocenters. The van der Waals surface area contributed by atoms with Gasteiger partial charge in [0.1, 0.15) is 0 Å². The van der Waals surface area contributed by atoms with E-state index in [1.807, 2.05) is 0 Å². The molecule has 1 N–H and O–H groups in total. The minimum Gasteiger partial charge on any atom is -0.480 e. The van der Waals surface area contributed by atoms with Crippen molar-refractivity contribution in [2.75, 3.05) is 32.8 Å². The molecule has 1 aliphatic heterocycles. The van der Waals surface area contributed by atoms with Crippen LogP contribution in [0.4, 0.5) is 0 Å². The number of hydrogen-bond donors (Lipinski definition) is 1. The van der Waals surface area contributed by atoms with Crippen LogP contribution in [0.3, 0.4) is 0 Å². The van der Waals surface area contributed by atoms with E-state index >= 15 is 0 Å². The van der Waals surface area contributed by atoms with Crippen LogP contribution in [-0.2, 0) is 4.79 Å². The van der Waals surface area contributed by atoms with Crippen molar-refractivity contribution in [1.29, 1.82) is 0 Å². The molecule has 1 saturated carbocycles. The van der Waals surface area contributed by atoms with Crippen molar-refractivity contribution in [3.63, 3.8) is 0 Å². The standard InChI is InChI=1S/C16H30N2O2/c1-3-13(2)15-6-5-14(9-15)10-17-7-4-8-18(12-17)11-16(19)20/h13-15H,3-12H2,1-2H3,(H,19,20). The van der Waals surface area contributed by atoms with Crippen molar-refractivity contribution in [3.05, 3.63) is 0 Å². The Kier molecular flexibility index (Phi) is 5.85. The van der Waals surface area contributed by atoms with Crippen LogP contribution in [0, 0.1) is 17.8 Å². The van der Waals surface area contributed by atoms with E-state index in [0.717, 1.165) is 43.9 Å². The lowest BCUT2D eigenvalue weighted by Gasteiger charge is -2.36. The summed E-state index contributed by atoms with van der Waals surface area (Å²) in [5, 5.41) is 8.90. The van der Waals surface area contributed by atoms with Gasteiger partial charge in [-0.25, -0.2) is 0 Å². The van der Waals surface area contributed by atoms with Crippen LogP contribution in [-0.4, -0.2) is 53.7 Å². The summed E-state index contributed by atoms with van der Waals surface area (Å²) in [7, 11) is 0. The van der Waals surface area contributed by atoms with E-state index in [0.29, 0.717) is 0 Å². The van der Waals surface area contributed by atoms with Gasteiger partial charge in [-0.1, -0.05) is 20.3 Å². The zero-order valence-corrected chi connectivity index (χ0v) is 13.1. The number of nitrogens with zero attached hydrogens (tertiary/aromatic N) is 2. The van der Waals surface area contributed by atoms with Gasteiger partial charge in [0.2, 0.25) is 0 Å². The third-order valence-electron chi connectivity index (χ3n) is 5.25. The van der Waals surface area contributed by atoms with Crippen LogP contribution in [0.25, 0.3) is 0 Å². The van der Waals surface area contributed by atoms with Crippen molar-refractivity contribution in [3.8, 4) is 0 Å². The highest BCUT2D eigenvalue weighted by Crippen LogP contribution is 2.37. The third-order valence-corrected chi connectivity index (χ3v) is 5.25. The minimum atomic E-state index is -0.704. The van der Waals surface area contributed by atoms with Crippen LogP contribution >= 0.6 is 0 Å². The fourth-order valence-corrected chi connectivity index (χ4v) is 3.91. The Morgan fingerprint density at radius 2 is 2.05 bits per heavy atom. The molecule has 0 aromatic rings. The first-order chi connectivity index (χ1) is 9.58. The average molecular weight is 282 g/mol. The van der Waals surface area contributed by atoms with Crippen LogP contribution in [0.15, 0.2) is 0 Å². The molecule has 0 aromatic carbocycles. The topological polar surface area (TPSA) is 43.8 Å². The Morgan fingerprint density at radius 1 is 1.30 bits per heavy atom. The Bertz CT molecular complexity index is 322. The fourth-order valence-electron chi connectivity index (χ4n) is 3.91. The molecule has 4 heteroatoms. The molecule has 20 heavy (non-hydrogen) atoms. The number of aliphatic carboxylic acids is 1.